The molecule has 0 radical (unpaired) electrons. The van der Waals surface area contributed by atoms with Crippen LogP contribution in [0.25, 0.3) is 32.7 Å². The minimum absolute atomic E-state index is 1.03. The van der Waals surface area contributed by atoms with Gasteiger partial charge in [0, 0.05) is 37.6 Å². The molecule has 0 saturated carbocycles. The van der Waals surface area contributed by atoms with E-state index in [0.29, 0.717) is 0 Å². The number of halogens is 1. The summed E-state index contributed by atoms with van der Waals surface area (Å²) < 4.78 is 1.08. The molecule has 0 saturated heterocycles. The number of H-pyrrole nitrogens is 1. The SMILES string of the molecule is Cc1[nH]c2ccc(Br)cc2c1-c1nc(-c2ccccc2)cs1. The van der Waals surface area contributed by atoms with Crippen molar-refractivity contribution in [2.24, 2.45) is 0 Å². The minimum atomic E-state index is 1.03. The quantitative estimate of drug-likeness (QED) is 0.459. The zero-order valence-corrected chi connectivity index (χ0v) is 14.3. The summed E-state index contributed by atoms with van der Waals surface area (Å²) in [6.07, 6.45) is 0. The number of aryl methyl sites for hydroxylation is 1. The predicted octanol–water partition coefficient (Wildman–Crippen LogP) is 6.03. The van der Waals surface area contributed by atoms with Crippen LogP contribution in [0.3, 0.4) is 0 Å². The van der Waals surface area contributed by atoms with Gasteiger partial charge in [0.1, 0.15) is 5.01 Å². The van der Waals surface area contributed by atoms with Crippen molar-refractivity contribution in [2.45, 2.75) is 6.92 Å². The number of rotatable bonds is 2. The summed E-state index contributed by atoms with van der Waals surface area (Å²) in [6.45, 7) is 2.10. The fraction of sp³-hybridized carbons (Fsp3) is 0.0556. The molecule has 0 unspecified atom stereocenters. The Kier molecular flexibility index (Phi) is 3.36. The molecule has 2 aromatic carbocycles. The Labute approximate surface area is 141 Å². The summed E-state index contributed by atoms with van der Waals surface area (Å²) in [5.41, 5.74) is 5.69. The molecule has 4 heteroatoms. The highest BCUT2D eigenvalue weighted by atomic mass is 79.9. The molecule has 0 aliphatic rings. The smallest absolute Gasteiger partial charge is 0.126 e. The number of fused-ring (bicyclic) bond motifs is 1. The third-order valence-electron chi connectivity index (χ3n) is 3.74. The van der Waals surface area contributed by atoms with E-state index in [4.69, 9.17) is 4.98 Å². The number of hydrogen-bond donors (Lipinski definition) is 1. The van der Waals surface area contributed by atoms with Crippen molar-refractivity contribution in [1.82, 2.24) is 9.97 Å². The molecule has 108 valence electrons. The van der Waals surface area contributed by atoms with Gasteiger partial charge in [0.25, 0.3) is 0 Å². The predicted molar refractivity (Wildman–Crippen MR) is 97.3 cm³/mol. The van der Waals surface area contributed by atoms with E-state index in [0.717, 1.165) is 31.9 Å². The second-order valence-electron chi connectivity index (χ2n) is 5.22. The van der Waals surface area contributed by atoms with Crippen molar-refractivity contribution in [3.8, 4) is 21.8 Å². The number of aromatic amines is 1. The molecular weight excluding hydrogens is 356 g/mol. The molecule has 22 heavy (non-hydrogen) atoms. The molecule has 4 rings (SSSR count). The zero-order chi connectivity index (χ0) is 15.1. The van der Waals surface area contributed by atoms with E-state index in [2.05, 4.69) is 63.5 Å². The van der Waals surface area contributed by atoms with Crippen LogP contribution in [0.5, 0.6) is 0 Å². The number of benzene rings is 2. The summed E-state index contributed by atoms with van der Waals surface area (Å²) in [5.74, 6) is 0. The van der Waals surface area contributed by atoms with Crippen molar-refractivity contribution in [2.75, 3.05) is 0 Å². The van der Waals surface area contributed by atoms with Gasteiger partial charge in [-0.1, -0.05) is 46.3 Å². The van der Waals surface area contributed by atoms with Crippen molar-refractivity contribution in [1.29, 1.82) is 0 Å². The fourth-order valence-electron chi connectivity index (χ4n) is 2.70. The topological polar surface area (TPSA) is 28.7 Å². The normalized spacial score (nSPS) is 11.2. The summed E-state index contributed by atoms with van der Waals surface area (Å²) in [5, 5.41) is 4.39. The maximum absolute atomic E-state index is 4.85. The average molecular weight is 369 g/mol. The minimum Gasteiger partial charge on any atom is -0.358 e. The first-order valence-electron chi connectivity index (χ1n) is 7.01. The van der Waals surface area contributed by atoms with Crippen LogP contribution in [0.2, 0.25) is 0 Å². The van der Waals surface area contributed by atoms with E-state index < -0.39 is 0 Å². The van der Waals surface area contributed by atoms with E-state index in [9.17, 15) is 0 Å². The fourth-order valence-corrected chi connectivity index (χ4v) is 4.01. The number of hydrogen-bond acceptors (Lipinski definition) is 2. The average Bonchev–Trinajstić information content (AvgIpc) is 3.11. The molecule has 0 spiro atoms. The first kappa shape index (κ1) is 13.7. The molecule has 0 fully saturated rings. The maximum atomic E-state index is 4.85. The molecule has 2 heterocycles. The largest absolute Gasteiger partial charge is 0.358 e. The van der Waals surface area contributed by atoms with Gasteiger partial charge in [0.05, 0.1) is 5.69 Å². The summed E-state index contributed by atoms with van der Waals surface area (Å²) in [7, 11) is 0. The third kappa shape index (κ3) is 2.28. The molecule has 0 atom stereocenters. The zero-order valence-electron chi connectivity index (χ0n) is 11.9. The molecule has 2 nitrogen and oxygen atoms in total. The molecular formula is C18H13BrN2S. The van der Waals surface area contributed by atoms with Crippen LogP contribution in [0, 0.1) is 6.92 Å². The lowest BCUT2D eigenvalue weighted by atomic mass is 10.1. The van der Waals surface area contributed by atoms with Gasteiger partial charge in [-0.15, -0.1) is 11.3 Å². The van der Waals surface area contributed by atoms with Crippen LogP contribution in [0.15, 0.2) is 58.4 Å². The number of nitrogens with zero attached hydrogens (tertiary/aromatic N) is 1. The lowest BCUT2D eigenvalue weighted by molar-refractivity contribution is 1.29. The molecule has 2 aromatic heterocycles. The van der Waals surface area contributed by atoms with Crippen molar-refractivity contribution < 1.29 is 0 Å². The van der Waals surface area contributed by atoms with Crippen LogP contribution in [-0.2, 0) is 0 Å². The Hall–Kier alpha value is -1.91. The van der Waals surface area contributed by atoms with Crippen molar-refractivity contribution in [3.63, 3.8) is 0 Å². The van der Waals surface area contributed by atoms with Crippen LogP contribution < -0.4 is 0 Å². The monoisotopic (exact) mass is 368 g/mol. The van der Waals surface area contributed by atoms with Crippen molar-refractivity contribution in [3.05, 3.63) is 64.1 Å². The van der Waals surface area contributed by atoms with E-state index in [1.807, 2.05) is 18.2 Å². The Morgan fingerprint density at radius 3 is 2.73 bits per heavy atom. The molecule has 4 aromatic rings. The Bertz CT molecular complexity index is 954. The highest BCUT2D eigenvalue weighted by molar-refractivity contribution is 9.10. The standard InChI is InChI=1S/C18H13BrN2S/c1-11-17(14-9-13(19)7-8-15(14)20-11)18-21-16(10-22-18)12-5-3-2-4-6-12/h2-10,20H,1H3. The van der Waals surface area contributed by atoms with Crippen molar-refractivity contribution >= 4 is 38.2 Å². The van der Waals surface area contributed by atoms with E-state index >= 15 is 0 Å². The highest BCUT2D eigenvalue weighted by Gasteiger charge is 2.14. The van der Waals surface area contributed by atoms with Gasteiger partial charge >= 0.3 is 0 Å². The number of thiazole rings is 1. The van der Waals surface area contributed by atoms with E-state index in [1.54, 1.807) is 11.3 Å². The Balaban J connectivity index is 1.88. The first-order valence-corrected chi connectivity index (χ1v) is 8.69. The van der Waals surface area contributed by atoms with Gasteiger partial charge in [-0.25, -0.2) is 4.98 Å². The van der Waals surface area contributed by atoms with Gasteiger partial charge in [0.15, 0.2) is 0 Å². The van der Waals surface area contributed by atoms with E-state index in [-0.39, 0.29) is 0 Å². The molecule has 0 bridgehead atoms. The lowest BCUT2D eigenvalue weighted by Crippen LogP contribution is -1.80. The number of nitrogens with one attached hydrogen (secondary N) is 1. The van der Waals surface area contributed by atoms with Gasteiger partial charge in [-0.3, -0.25) is 0 Å². The number of aromatic nitrogens is 2. The summed E-state index contributed by atoms with van der Waals surface area (Å²) in [6, 6.07) is 16.6. The van der Waals surface area contributed by atoms with Crippen LogP contribution in [0.1, 0.15) is 5.69 Å². The second kappa shape index (κ2) is 5.38. The molecule has 0 aliphatic carbocycles. The lowest BCUT2D eigenvalue weighted by Gasteiger charge is -1.98. The highest BCUT2D eigenvalue weighted by Crippen LogP contribution is 2.37. The molecule has 1 N–H and O–H groups in total. The van der Waals surface area contributed by atoms with Gasteiger partial charge in [0.2, 0.25) is 0 Å². The van der Waals surface area contributed by atoms with Crippen LogP contribution >= 0.6 is 27.3 Å². The Morgan fingerprint density at radius 1 is 1.09 bits per heavy atom. The molecule has 0 aliphatic heterocycles. The van der Waals surface area contributed by atoms with Gasteiger partial charge < -0.3 is 4.98 Å². The third-order valence-corrected chi connectivity index (χ3v) is 5.09. The van der Waals surface area contributed by atoms with Gasteiger partial charge in [-0.05, 0) is 25.1 Å². The van der Waals surface area contributed by atoms with Crippen LogP contribution in [-0.4, -0.2) is 9.97 Å². The Morgan fingerprint density at radius 2 is 1.91 bits per heavy atom. The second-order valence-corrected chi connectivity index (χ2v) is 6.99. The molecule has 0 amide bonds. The summed E-state index contributed by atoms with van der Waals surface area (Å²) in [4.78, 5) is 8.29. The first-order chi connectivity index (χ1) is 10.7. The summed E-state index contributed by atoms with van der Waals surface area (Å²) >= 11 is 5.25. The van der Waals surface area contributed by atoms with Crippen LogP contribution in [0.4, 0.5) is 0 Å². The maximum Gasteiger partial charge on any atom is 0.126 e. The van der Waals surface area contributed by atoms with E-state index in [1.165, 1.54) is 10.9 Å². The van der Waals surface area contributed by atoms with Gasteiger partial charge in [-0.2, -0.15) is 0 Å².